The molecule has 0 N–H and O–H groups in total. The molecule has 1 saturated heterocycles. The Kier molecular flexibility index (Phi) is 5.45. The first-order chi connectivity index (χ1) is 12.5. The Bertz CT molecular complexity index is 965. The van der Waals surface area contributed by atoms with Crippen LogP contribution in [0.4, 0.5) is 4.79 Å². The molecular formula is C19H13BrN2O3S. The van der Waals surface area contributed by atoms with Gasteiger partial charge in [-0.3, -0.25) is 14.5 Å². The van der Waals surface area contributed by atoms with Crippen molar-refractivity contribution in [3.05, 3.63) is 68.5 Å². The van der Waals surface area contributed by atoms with Crippen LogP contribution in [-0.4, -0.2) is 23.1 Å². The average molecular weight is 429 g/mol. The quantitative estimate of drug-likeness (QED) is 0.667. The van der Waals surface area contributed by atoms with E-state index < -0.39 is 0 Å². The molecule has 2 aromatic rings. The topological polar surface area (TPSA) is 70.4 Å². The van der Waals surface area contributed by atoms with Gasteiger partial charge in [0, 0.05) is 12.6 Å². The van der Waals surface area contributed by atoms with E-state index in [2.05, 4.69) is 22.0 Å². The van der Waals surface area contributed by atoms with Crippen molar-refractivity contribution in [3.63, 3.8) is 0 Å². The molecule has 0 saturated carbocycles. The van der Waals surface area contributed by atoms with Gasteiger partial charge < -0.3 is 4.74 Å². The average Bonchev–Trinajstić information content (AvgIpc) is 2.88. The zero-order valence-electron chi connectivity index (χ0n) is 13.7. The number of hydrogen-bond acceptors (Lipinski definition) is 5. The zero-order chi connectivity index (χ0) is 18.7. The summed E-state index contributed by atoms with van der Waals surface area (Å²) >= 11 is 4.38. The van der Waals surface area contributed by atoms with E-state index in [1.54, 1.807) is 24.3 Å². The summed E-state index contributed by atoms with van der Waals surface area (Å²) in [5.74, 6) is 0.322. The number of imide groups is 1. The summed E-state index contributed by atoms with van der Waals surface area (Å²) in [5, 5.41) is 8.84. The van der Waals surface area contributed by atoms with Gasteiger partial charge in [-0.1, -0.05) is 24.3 Å². The molecule has 0 aliphatic carbocycles. The van der Waals surface area contributed by atoms with Crippen LogP contribution in [0.15, 0.2) is 51.8 Å². The summed E-state index contributed by atoms with van der Waals surface area (Å²) in [6.07, 6.45) is 1.67. The zero-order valence-corrected chi connectivity index (χ0v) is 16.1. The SMILES string of the molecule is CN1C(=O)SC(=Cc2ccc(OCc3ccccc3C#N)c(Br)c2)C1=O. The number of carbonyl (C=O) groups is 2. The summed E-state index contributed by atoms with van der Waals surface area (Å²) < 4.78 is 6.51. The predicted octanol–water partition coefficient (Wildman–Crippen LogP) is 4.57. The minimum absolute atomic E-state index is 0.274. The Balaban J connectivity index is 1.75. The third kappa shape index (κ3) is 3.82. The third-order valence-electron chi connectivity index (χ3n) is 3.76. The summed E-state index contributed by atoms with van der Waals surface area (Å²) in [6.45, 7) is 0.274. The summed E-state index contributed by atoms with van der Waals surface area (Å²) in [5.41, 5.74) is 2.17. The van der Waals surface area contributed by atoms with Crippen molar-refractivity contribution in [1.82, 2.24) is 4.90 Å². The van der Waals surface area contributed by atoms with Crippen molar-refractivity contribution in [3.8, 4) is 11.8 Å². The van der Waals surface area contributed by atoms with Crippen molar-refractivity contribution in [2.45, 2.75) is 6.61 Å². The van der Waals surface area contributed by atoms with E-state index in [4.69, 9.17) is 10.00 Å². The lowest BCUT2D eigenvalue weighted by Gasteiger charge is -2.10. The number of carbonyl (C=O) groups excluding carboxylic acids is 2. The fourth-order valence-electron chi connectivity index (χ4n) is 2.33. The highest BCUT2D eigenvalue weighted by Gasteiger charge is 2.31. The van der Waals surface area contributed by atoms with Crippen LogP contribution < -0.4 is 4.74 Å². The first-order valence-corrected chi connectivity index (χ1v) is 9.22. The number of halogens is 1. The highest BCUT2D eigenvalue weighted by atomic mass is 79.9. The summed E-state index contributed by atoms with van der Waals surface area (Å²) in [7, 11) is 1.46. The van der Waals surface area contributed by atoms with Crippen LogP contribution in [0, 0.1) is 11.3 Å². The first kappa shape index (κ1) is 18.2. The highest BCUT2D eigenvalue weighted by Crippen LogP contribution is 2.33. The maximum Gasteiger partial charge on any atom is 0.293 e. The Morgan fingerprint density at radius 2 is 2.04 bits per heavy atom. The molecule has 1 aliphatic heterocycles. The van der Waals surface area contributed by atoms with Gasteiger partial charge >= 0.3 is 0 Å². The number of nitrogens with zero attached hydrogens (tertiary/aromatic N) is 2. The molecule has 3 rings (SSSR count). The van der Waals surface area contributed by atoms with Crippen molar-refractivity contribution >= 4 is 44.9 Å². The van der Waals surface area contributed by atoms with E-state index in [0.717, 1.165) is 32.3 Å². The Labute approximate surface area is 163 Å². The van der Waals surface area contributed by atoms with Crippen LogP contribution in [-0.2, 0) is 11.4 Å². The Hall–Kier alpha value is -2.56. The first-order valence-electron chi connectivity index (χ1n) is 7.61. The van der Waals surface area contributed by atoms with Crippen molar-refractivity contribution in [2.24, 2.45) is 0 Å². The largest absolute Gasteiger partial charge is 0.488 e. The number of ether oxygens (including phenoxy) is 1. The van der Waals surface area contributed by atoms with Gasteiger partial charge in [-0.15, -0.1) is 0 Å². The minimum atomic E-state index is -0.301. The van der Waals surface area contributed by atoms with Gasteiger partial charge in [-0.25, -0.2) is 0 Å². The van der Waals surface area contributed by atoms with E-state index >= 15 is 0 Å². The minimum Gasteiger partial charge on any atom is -0.488 e. The molecule has 7 heteroatoms. The van der Waals surface area contributed by atoms with Crippen LogP contribution >= 0.6 is 27.7 Å². The van der Waals surface area contributed by atoms with E-state index in [1.165, 1.54) is 7.05 Å². The lowest BCUT2D eigenvalue weighted by molar-refractivity contribution is -0.121. The number of benzene rings is 2. The van der Waals surface area contributed by atoms with Gasteiger partial charge in [0.15, 0.2) is 0 Å². The molecule has 1 heterocycles. The van der Waals surface area contributed by atoms with Crippen LogP contribution in [0.3, 0.4) is 0 Å². The molecule has 26 heavy (non-hydrogen) atoms. The van der Waals surface area contributed by atoms with Gasteiger partial charge in [0.05, 0.1) is 21.0 Å². The number of amides is 2. The number of rotatable bonds is 4. The summed E-state index contributed by atoms with van der Waals surface area (Å²) in [4.78, 5) is 25.0. The second-order valence-electron chi connectivity index (χ2n) is 5.49. The van der Waals surface area contributed by atoms with Gasteiger partial charge in [0.25, 0.3) is 11.1 Å². The highest BCUT2D eigenvalue weighted by molar-refractivity contribution is 9.10. The van der Waals surface area contributed by atoms with Gasteiger partial charge in [0.1, 0.15) is 12.4 Å². The lowest BCUT2D eigenvalue weighted by atomic mass is 10.1. The number of likely N-dealkylation sites (N-methyl/N-ethyl adjacent to an activating group) is 1. The molecule has 1 aliphatic rings. The third-order valence-corrected chi connectivity index (χ3v) is 5.34. The fraction of sp³-hybridized carbons (Fsp3) is 0.105. The second kappa shape index (κ2) is 7.77. The molecule has 5 nitrogen and oxygen atoms in total. The van der Waals surface area contributed by atoms with Crippen LogP contribution in [0.25, 0.3) is 6.08 Å². The van der Waals surface area contributed by atoms with Gasteiger partial charge in [-0.2, -0.15) is 5.26 Å². The maximum absolute atomic E-state index is 11.9. The number of thioether (sulfide) groups is 1. The molecule has 130 valence electrons. The molecule has 0 unspecified atom stereocenters. The van der Waals surface area contributed by atoms with E-state index in [1.807, 2.05) is 24.3 Å². The van der Waals surface area contributed by atoms with E-state index in [-0.39, 0.29) is 17.8 Å². The number of hydrogen-bond donors (Lipinski definition) is 0. The lowest BCUT2D eigenvalue weighted by Crippen LogP contribution is -2.22. The normalized spacial score (nSPS) is 15.4. The molecule has 0 atom stereocenters. The Morgan fingerprint density at radius 3 is 2.69 bits per heavy atom. The van der Waals surface area contributed by atoms with Gasteiger partial charge in [0.2, 0.25) is 0 Å². The van der Waals surface area contributed by atoms with Crippen molar-refractivity contribution < 1.29 is 14.3 Å². The predicted molar refractivity (Wildman–Crippen MR) is 103 cm³/mol. The van der Waals surface area contributed by atoms with Crippen molar-refractivity contribution in [1.29, 1.82) is 5.26 Å². The van der Waals surface area contributed by atoms with Crippen LogP contribution in [0.5, 0.6) is 5.75 Å². The Morgan fingerprint density at radius 1 is 1.27 bits per heavy atom. The van der Waals surface area contributed by atoms with E-state index in [0.29, 0.717) is 16.2 Å². The molecule has 2 amide bonds. The number of nitriles is 1. The second-order valence-corrected chi connectivity index (χ2v) is 7.34. The standard InChI is InChI=1S/C19H13BrN2O3S/c1-22-18(23)17(26-19(22)24)9-12-6-7-16(15(20)8-12)25-11-14-5-3-2-4-13(14)10-21/h2-9H,11H2,1H3. The van der Waals surface area contributed by atoms with Gasteiger partial charge in [-0.05, 0) is 57.5 Å². The monoisotopic (exact) mass is 428 g/mol. The molecule has 0 aromatic heterocycles. The van der Waals surface area contributed by atoms with Crippen LogP contribution in [0.1, 0.15) is 16.7 Å². The molecule has 0 bridgehead atoms. The summed E-state index contributed by atoms with van der Waals surface area (Å²) in [6, 6.07) is 14.8. The molecule has 0 spiro atoms. The molecule has 1 fully saturated rings. The maximum atomic E-state index is 11.9. The fourth-order valence-corrected chi connectivity index (χ4v) is 3.67. The van der Waals surface area contributed by atoms with Crippen LogP contribution in [0.2, 0.25) is 0 Å². The van der Waals surface area contributed by atoms with Crippen molar-refractivity contribution in [2.75, 3.05) is 7.05 Å². The van der Waals surface area contributed by atoms with E-state index in [9.17, 15) is 9.59 Å². The molecule has 2 aromatic carbocycles. The molecular weight excluding hydrogens is 416 g/mol. The molecule has 0 radical (unpaired) electrons. The smallest absolute Gasteiger partial charge is 0.293 e.